The number of aromatic nitrogens is 5. The van der Waals surface area contributed by atoms with Crippen LogP contribution in [0.1, 0.15) is 32.4 Å². The van der Waals surface area contributed by atoms with Crippen molar-refractivity contribution in [1.82, 2.24) is 25.0 Å². The fraction of sp³-hybridized carbons (Fsp3) is 0.688. The second-order valence-electron chi connectivity index (χ2n) is 6.71. The Morgan fingerprint density at radius 2 is 2.04 bits per heavy atom. The molecule has 1 N–H and O–H groups in total. The average molecular weight is 318 g/mol. The molecule has 0 spiro atoms. The summed E-state index contributed by atoms with van der Waals surface area (Å²) < 4.78 is 7.55. The summed E-state index contributed by atoms with van der Waals surface area (Å²) in [5.41, 5.74) is 2.31. The van der Waals surface area contributed by atoms with E-state index < -0.39 is 0 Å². The Labute approximate surface area is 137 Å². The number of methoxy groups -OCH3 is 1. The molecule has 23 heavy (non-hydrogen) atoms. The van der Waals surface area contributed by atoms with Crippen molar-refractivity contribution in [3.63, 3.8) is 0 Å². The van der Waals surface area contributed by atoms with E-state index in [2.05, 4.69) is 43.7 Å². The zero-order chi connectivity index (χ0) is 16.4. The van der Waals surface area contributed by atoms with Gasteiger partial charge in [0.05, 0.1) is 18.4 Å². The van der Waals surface area contributed by atoms with Crippen molar-refractivity contribution in [3.8, 4) is 11.4 Å². The Bertz CT molecular complexity index is 653. The second-order valence-corrected chi connectivity index (χ2v) is 6.71. The first-order chi connectivity index (χ1) is 11.1. The maximum Gasteiger partial charge on any atom is 0.227 e. The summed E-state index contributed by atoms with van der Waals surface area (Å²) in [5, 5.41) is 16.0. The smallest absolute Gasteiger partial charge is 0.227 e. The Morgan fingerprint density at radius 3 is 2.61 bits per heavy atom. The van der Waals surface area contributed by atoms with Crippen molar-refractivity contribution in [2.45, 2.75) is 40.2 Å². The van der Waals surface area contributed by atoms with Crippen molar-refractivity contribution < 1.29 is 4.74 Å². The zero-order valence-electron chi connectivity index (χ0n) is 14.5. The number of aromatic amines is 1. The fourth-order valence-corrected chi connectivity index (χ4v) is 3.33. The Hall–Kier alpha value is -1.89. The summed E-state index contributed by atoms with van der Waals surface area (Å²) in [7, 11) is 1.78. The molecule has 0 amide bonds. The van der Waals surface area contributed by atoms with Crippen LogP contribution in [0.4, 0.5) is 5.95 Å². The summed E-state index contributed by atoms with van der Waals surface area (Å²) >= 11 is 0. The topological polar surface area (TPSA) is 71.9 Å². The van der Waals surface area contributed by atoms with E-state index in [1.54, 1.807) is 7.11 Å². The number of hydrogen-bond acceptors (Lipinski definition) is 5. The van der Waals surface area contributed by atoms with Crippen LogP contribution in [-0.4, -0.2) is 51.8 Å². The van der Waals surface area contributed by atoms with Gasteiger partial charge in [-0.15, -0.1) is 10.2 Å². The van der Waals surface area contributed by atoms with Gasteiger partial charge in [0.1, 0.15) is 0 Å². The molecule has 7 heteroatoms. The van der Waals surface area contributed by atoms with Gasteiger partial charge in [0, 0.05) is 32.4 Å². The maximum atomic E-state index is 5.37. The third-order valence-corrected chi connectivity index (χ3v) is 4.86. The van der Waals surface area contributed by atoms with Gasteiger partial charge in [-0.1, -0.05) is 6.92 Å². The molecule has 0 unspecified atom stereocenters. The number of aryl methyl sites for hydroxylation is 1. The van der Waals surface area contributed by atoms with Crippen molar-refractivity contribution in [2.24, 2.45) is 5.41 Å². The standard InChI is InChI=1S/C16H26N6O/c1-5-22-14(13-10-17-18-12(13)2)19-20-15(22)21-8-6-16(3,7-9-21)11-23-4/h10H,5-9,11H2,1-4H3,(H,17,18). The number of nitrogens with one attached hydrogen (secondary N) is 1. The maximum absolute atomic E-state index is 5.37. The summed E-state index contributed by atoms with van der Waals surface area (Å²) in [6.07, 6.45) is 4.04. The number of anilines is 1. The molecule has 0 radical (unpaired) electrons. The Kier molecular flexibility index (Phi) is 4.39. The van der Waals surface area contributed by atoms with Crippen LogP contribution < -0.4 is 4.90 Å². The molecular formula is C16H26N6O. The van der Waals surface area contributed by atoms with Gasteiger partial charge < -0.3 is 9.64 Å². The highest BCUT2D eigenvalue weighted by Gasteiger charge is 2.32. The molecule has 1 saturated heterocycles. The molecule has 126 valence electrons. The summed E-state index contributed by atoms with van der Waals surface area (Å²) in [6, 6.07) is 0. The fourth-order valence-electron chi connectivity index (χ4n) is 3.33. The van der Waals surface area contributed by atoms with E-state index in [0.29, 0.717) is 0 Å². The van der Waals surface area contributed by atoms with Gasteiger partial charge in [-0.05, 0) is 32.1 Å². The van der Waals surface area contributed by atoms with Crippen LogP contribution in [0.5, 0.6) is 0 Å². The van der Waals surface area contributed by atoms with Gasteiger partial charge in [0.2, 0.25) is 5.95 Å². The van der Waals surface area contributed by atoms with Crippen molar-refractivity contribution >= 4 is 5.95 Å². The molecule has 3 rings (SSSR count). The van der Waals surface area contributed by atoms with Crippen LogP contribution in [-0.2, 0) is 11.3 Å². The lowest BCUT2D eigenvalue weighted by atomic mass is 9.81. The number of hydrogen-bond donors (Lipinski definition) is 1. The van der Waals surface area contributed by atoms with Gasteiger partial charge in [0.25, 0.3) is 0 Å². The van der Waals surface area contributed by atoms with Crippen molar-refractivity contribution in [3.05, 3.63) is 11.9 Å². The highest BCUT2D eigenvalue weighted by molar-refractivity contribution is 5.59. The van der Waals surface area contributed by atoms with Gasteiger partial charge in [0.15, 0.2) is 5.82 Å². The number of H-pyrrole nitrogens is 1. The number of piperidine rings is 1. The predicted octanol–water partition coefficient (Wildman–Crippen LogP) is 2.25. The molecule has 2 aromatic rings. The van der Waals surface area contributed by atoms with Crippen molar-refractivity contribution in [2.75, 3.05) is 31.7 Å². The molecule has 1 aliphatic heterocycles. The molecule has 0 aliphatic carbocycles. The van der Waals surface area contributed by atoms with E-state index in [9.17, 15) is 0 Å². The van der Waals surface area contributed by atoms with Gasteiger partial charge in [-0.25, -0.2) is 0 Å². The third-order valence-electron chi connectivity index (χ3n) is 4.86. The molecule has 0 aromatic carbocycles. The second kappa shape index (κ2) is 6.31. The molecular weight excluding hydrogens is 292 g/mol. The molecule has 1 fully saturated rings. The van der Waals surface area contributed by atoms with E-state index in [4.69, 9.17) is 4.74 Å². The minimum Gasteiger partial charge on any atom is -0.384 e. The Balaban J connectivity index is 1.82. The van der Waals surface area contributed by atoms with Crippen LogP contribution in [0.25, 0.3) is 11.4 Å². The lowest BCUT2D eigenvalue weighted by Gasteiger charge is -2.39. The quantitative estimate of drug-likeness (QED) is 0.915. The molecule has 7 nitrogen and oxygen atoms in total. The largest absolute Gasteiger partial charge is 0.384 e. The molecule has 3 heterocycles. The molecule has 0 bridgehead atoms. The van der Waals surface area contributed by atoms with Gasteiger partial charge >= 0.3 is 0 Å². The summed E-state index contributed by atoms with van der Waals surface area (Å²) in [6.45, 7) is 10.1. The SMILES string of the molecule is CCn1c(-c2cn[nH]c2C)nnc1N1CCC(C)(COC)CC1. The number of nitrogens with zero attached hydrogens (tertiary/aromatic N) is 5. The summed E-state index contributed by atoms with van der Waals surface area (Å²) in [5.74, 6) is 1.85. The number of ether oxygens (including phenoxy) is 1. The zero-order valence-corrected chi connectivity index (χ0v) is 14.5. The normalized spacial score (nSPS) is 17.7. The molecule has 2 aromatic heterocycles. The highest BCUT2D eigenvalue weighted by atomic mass is 16.5. The Morgan fingerprint density at radius 1 is 1.30 bits per heavy atom. The molecule has 1 aliphatic rings. The molecule has 0 saturated carbocycles. The van der Waals surface area contributed by atoms with Crippen LogP contribution >= 0.6 is 0 Å². The van der Waals surface area contributed by atoms with Crippen LogP contribution in [0.2, 0.25) is 0 Å². The summed E-state index contributed by atoms with van der Waals surface area (Å²) in [4.78, 5) is 2.34. The van der Waals surface area contributed by atoms with Crippen LogP contribution in [0.3, 0.4) is 0 Å². The monoisotopic (exact) mass is 318 g/mol. The van der Waals surface area contributed by atoms with Gasteiger partial charge in [-0.2, -0.15) is 5.10 Å². The predicted molar refractivity (Wildman–Crippen MR) is 89.4 cm³/mol. The van der Waals surface area contributed by atoms with E-state index >= 15 is 0 Å². The highest BCUT2D eigenvalue weighted by Crippen LogP contribution is 2.33. The molecule has 0 atom stereocenters. The third kappa shape index (κ3) is 2.97. The van der Waals surface area contributed by atoms with E-state index in [-0.39, 0.29) is 5.41 Å². The lowest BCUT2D eigenvalue weighted by Crippen LogP contribution is -2.41. The first-order valence-electron chi connectivity index (χ1n) is 8.25. The average Bonchev–Trinajstić information content (AvgIpc) is 3.13. The van der Waals surface area contributed by atoms with Crippen LogP contribution in [0, 0.1) is 12.3 Å². The lowest BCUT2D eigenvalue weighted by molar-refractivity contribution is 0.0728. The first-order valence-corrected chi connectivity index (χ1v) is 8.25. The van der Waals surface area contributed by atoms with E-state index in [1.807, 2.05) is 13.1 Å². The van der Waals surface area contributed by atoms with Crippen LogP contribution in [0.15, 0.2) is 6.20 Å². The van der Waals surface area contributed by atoms with Gasteiger partial charge in [-0.3, -0.25) is 9.67 Å². The minimum absolute atomic E-state index is 0.270. The van der Waals surface area contributed by atoms with E-state index in [0.717, 1.165) is 62.1 Å². The first kappa shape index (κ1) is 16.0. The van der Waals surface area contributed by atoms with Crippen molar-refractivity contribution in [1.29, 1.82) is 0 Å². The number of rotatable bonds is 5. The van der Waals surface area contributed by atoms with E-state index in [1.165, 1.54) is 0 Å². The minimum atomic E-state index is 0.270.